The third-order valence-electron chi connectivity index (χ3n) is 3.89. The summed E-state index contributed by atoms with van der Waals surface area (Å²) in [4.78, 5) is 11.5. The molecule has 2 aromatic rings. The fourth-order valence-electron chi connectivity index (χ4n) is 2.65. The van der Waals surface area contributed by atoms with Crippen LogP contribution in [0.15, 0.2) is 40.6 Å². The number of hydrogen-bond acceptors (Lipinski definition) is 6. The number of nitrogens with one attached hydrogen (secondary N) is 1. The molecular weight excluding hydrogens is 350 g/mol. The molecular formula is C15H17N3O4S2. The first-order valence-corrected chi connectivity index (χ1v) is 9.85. The normalized spacial score (nSPS) is 15.5. The molecule has 1 saturated heterocycles. The van der Waals surface area contributed by atoms with Gasteiger partial charge in [-0.2, -0.15) is 4.31 Å². The molecule has 3 rings (SSSR count). The molecule has 1 aromatic heterocycles. The van der Waals surface area contributed by atoms with E-state index in [1.165, 1.54) is 16.4 Å². The monoisotopic (exact) mass is 367 g/mol. The quantitative estimate of drug-likeness (QED) is 0.626. The zero-order valence-electron chi connectivity index (χ0n) is 12.8. The van der Waals surface area contributed by atoms with E-state index in [-0.39, 0.29) is 10.6 Å². The van der Waals surface area contributed by atoms with Crippen molar-refractivity contribution in [1.29, 1.82) is 0 Å². The van der Waals surface area contributed by atoms with E-state index in [9.17, 15) is 18.5 Å². The number of anilines is 1. The Morgan fingerprint density at radius 2 is 2.00 bits per heavy atom. The van der Waals surface area contributed by atoms with E-state index in [1.807, 2.05) is 17.5 Å². The lowest BCUT2D eigenvalue weighted by atomic mass is 10.3. The van der Waals surface area contributed by atoms with Crippen molar-refractivity contribution >= 4 is 32.7 Å². The number of sulfonamides is 1. The highest BCUT2D eigenvalue weighted by molar-refractivity contribution is 7.89. The zero-order chi connectivity index (χ0) is 17.2. The highest BCUT2D eigenvalue weighted by atomic mass is 32.2. The summed E-state index contributed by atoms with van der Waals surface area (Å²) < 4.78 is 27.1. The molecule has 1 N–H and O–H groups in total. The average Bonchev–Trinajstić information content (AvgIpc) is 3.26. The molecule has 1 aliphatic rings. The summed E-state index contributed by atoms with van der Waals surface area (Å²) in [5, 5.41) is 16.1. The summed E-state index contributed by atoms with van der Waals surface area (Å²) in [6, 6.07) is 7.79. The standard InChI is InChI=1S/C15H17N3O4S2/c19-18(20)12-5-6-14(16-11-13-4-3-9-23-13)15(10-12)24(21,22)17-7-1-2-8-17/h3-6,9-10,16H,1-2,7-8,11H2. The molecule has 9 heteroatoms. The van der Waals surface area contributed by atoms with Crippen LogP contribution in [-0.4, -0.2) is 30.7 Å². The van der Waals surface area contributed by atoms with E-state index < -0.39 is 14.9 Å². The molecule has 1 fully saturated rings. The Kier molecular flexibility index (Phi) is 4.83. The van der Waals surface area contributed by atoms with Gasteiger partial charge in [0.25, 0.3) is 5.69 Å². The van der Waals surface area contributed by atoms with Crippen LogP contribution in [0.3, 0.4) is 0 Å². The Hall–Kier alpha value is -1.97. The second-order valence-electron chi connectivity index (χ2n) is 5.48. The van der Waals surface area contributed by atoms with Gasteiger partial charge in [0, 0.05) is 36.6 Å². The van der Waals surface area contributed by atoms with Gasteiger partial charge in [0.05, 0.1) is 10.6 Å². The lowest BCUT2D eigenvalue weighted by Crippen LogP contribution is -2.28. The molecule has 128 valence electrons. The summed E-state index contributed by atoms with van der Waals surface area (Å²) in [6.45, 7) is 1.38. The van der Waals surface area contributed by atoms with E-state index >= 15 is 0 Å². The lowest BCUT2D eigenvalue weighted by Gasteiger charge is -2.18. The Morgan fingerprint density at radius 1 is 1.25 bits per heavy atom. The number of thiophene rings is 1. The van der Waals surface area contributed by atoms with Crippen molar-refractivity contribution < 1.29 is 13.3 Å². The summed E-state index contributed by atoms with van der Waals surface area (Å²) in [5.74, 6) is 0. The third kappa shape index (κ3) is 3.42. The molecule has 0 spiro atoms. The smallest absolute Gasteiger partial charge is 0.270 e. The van der Waals surface area contributed by atoms with Gasteiger partial charge in [0.2, 0.25) is 10.0 Å². The molecule has 24 heavy (non-hydrogen) atoms. The highest BCUT2D eigenvalue weighted by Crippen LogP contribution is 2.31. The fraction of sp³-hybridized carbons (Fsp3) is 0.333. The number of hydrogen-bond donors (Lipinski definition) is 1. The van der Waals surface area contributed by atoms with Crippen molar-refractivity contribution in [2.24, 2.45) is 0 Å². The van der Waals surface area contributed by atoms with Gasteiger partial charge in [0.15, 0.2) is 0 Å². The molecule has 2 heterocycles. The first-order valence-electron chi connectivity index (χ1n) is 7.53. The topological polar surface area (TPSA) is 92.5 Å². The van der Waals surface area contributed by atoms with Gasteiger partial charge in [-0.25, -0.2) is 8.42 Å². The largest absolute Gasteiger partial charge is 0.379 e. The van der Waals surface area contributed by atoms with Gasteiger partial charge in [-0.1, -0.05) is 6.07 Å². The summed E-state index contributed by atoms with van der Waals surface area (Å²) in [7, 11) is -3.75. The maximum Gasteiger partial charge on any atom is 0.270 e. The Bertz CT molecular complexity index is 828. The zero-order valence-corrected chi connectivity index (χ0v) is 14.5. The minimum absolute atomic E-state index is 0.0323. The van der Waals surface area contributed by atoms with Crippen LogP contribution >= 0.6 is 11.3 Å². The van der Waals surface area contributed by atoms with Crippen LogP contribution in [0.2, 0.25) is 0 Å². The summed E-state index contributed by atoms with van der Waals surface area (Å²) in [5.41, 5.74) is 0.162. The van der Waals surface area contributed by atoms with Gasteiger partial charge in [-0.05, 0) is 30.4 Å². The molecule has 1 aliphatic heterocycles. The van der Waals surface area contributed by atoms with Crippen LogP contribution in [0.25, 0.3) is 0 Å². The van der Waals surface area contributed by atoms with Crippen LogP contribution in [0.1, 0.15) is 17.7 Å². The van der Waals surface area contributed by atoms with Crippen molar-refractivity contribution in [3.63, 3.8) is 0 Å². The van der Waals surface area contributed by atoms with Gasteiger partial charge in [-0.3, -0.25) is 10.1 Å². The molecule has 0 unspecified atom stereocenters. The fourth-order valence-corrected chi connectivity index (χ4v) is 5.00. The Balaban J connectivity index is 1.96. The van der Waals surface area contributed by atoms with Crippen LogP contribution < -0.4 is 5.32 Å². The first-order chi connectivity index (χ1) is 11.5. The maximum absolute atomic E-state index is 12.9. The van der Waals surface area contributed by atoms with Crippen LogP contribution in [-0.2, 0) is 16.6 Å². The van der Waals surface area contributed by atoms with E-state index in [1.54, 1.807) is 11.3 Å². The lowest BCUT2D eigenvalue weighted by molar-refractivity contribution is -0.385. The molecule has 1 aromatic carbocycles. The molecule has 0 aliphatic carbocycles. The first kappa shape index (κ1) is 16.9. The molecule has 0 radical (unpaired) electrons. The minimum atomic E-state index is -3.75. The molecule has 0 saturated carbocycles. The Labute approximate surface area is 144 Å². The van der Waals surface area contributed by atoms with Crippen LogP contribution in [0, 0.1) is 10.1 Å². The predicted octanol–water partition coefficient (Wildman–Crippen LogP) is 3.05. The molecule has 0 atom stereocenters. The molecule has 0 amide bonds. The number of benzene rings is 1. The van der Waals surface area contributed by atoms with E-state index in [2.05, 4.69) is 5.32 Å². The summed E-state index contributed by atoms with van der Waals surface area (Å²) in [6.07, 6.45) is 1.62. The van der Waals surface area contributed by atoms with Gasteiger partial charge in [-0.15, -0.1) is 11.3 Å². The number of nitrogens with zero attached hydrogens (tertiary/aromatic N) is 2. The van der Waals surface area contributed by atoms with Crippen molar-refractivity contribution in [3.05, 3.63) is 50.7 Å². The van der Waals surface area contributed by atoms with E-state index in [4.69, 9.17) is 0 Å². The summed E-state index contributed by atoms with van der Waals surface area (Å²) >= 11 is 1.56. The van der Waals surface area contributed by atoms with Crippen LogP contribution in [0.4, 0.5) is 11.4 Å². The molecule has 0 bridgehead atoms. The van der Waals surface area contributed by atoms with E-state index in [0.29, 0.717) is 25.3 Å². The highest BCUT2D eigenvalue weighted by Gasteiger charge is 2.30. The van der Waals surface area contributed by atoms with Crippen molar-refractivity contribution in [2.75, 3.05) is 18.4 Å². The minimum Gasteiger partial charge on any atom is -0.379 e. The van der Waals surface area contributed by atoms with Crippen molar-refractivity contribution in [3.8, 4) is 0 Å². The van der Waals surface area contributed by atoms with Gasteiger partial charge in [0.1, 0.15) is 4.90 Å². The van der Waals surface area contributed by atoms with Gasteiger partial charge >= 0.3 is 0 Å². The number of nitro benzene ring substituents is 1. The second kappa shape index (κ2) is 6.88. The average molecular weight is 367 g/mol. The number of non-ortho nitro benzene ring substituents is 1. The number of nitro groups is 1. The number of rotatable bonds is 6. The van der Waals surface area contributed by atoms with Crippen LogP contribution in [0.5, 0.6) is 0 Å². The Morgan fingerprint density at radius 3 is 2.62 bits per heavy atom. The molecule has 7 nitrogen and oxygen atoms in total. The third-order valence-corrected chi connectivity index (χ3v) is 6.71. The second-order valence-corrected chi connectivity index (χ2v) is 8.42. The SMILES string of the molecule is O=[N+]([O-])c1ccc(NCc2cccs2)c(S(=O)(=O)N2CCCC2)c1. The maximum atomic E-state index is 12.9. The van der Waals surface area contributed by atoms with E-state index in [0.717, 1.165) is 23.8 Å². The van der Waals surface area contributed by atoms with Gasteiger partial charge < -0.3 is 5.32 Å². The van der Waals surface area contributed by atoms with Crippen molar-refractivity contribution in [1.82, 2.24) is 4.31 Å². The predicted molar refractivity (Wildman–Crippen MR) is 92.7 cm³/mol. The van der Waals surface area contributed by atoms with Crippen molar-refractivity contribution in [2.45, 2.75) is 24.3 Å².